The lowest BCUT2D eigenvalue weighted by Gasteiger charge is -2.14. The summed E-state index contributed by atoms with van der Waals surface area (Å²) in [6.07, 6.45) is 6.85. The normalized spacial score (nSPS) is 13.8. The molecular weight excluding hydrogens is 246 g/mol. The van der Waals surface area contributed by atoms with Crippen molar-refractivity contribution in [3.63, 3.8) is 0 Å². The van der Waals surface area contributed by atoms with Gasteiger partial charge in [-0.25, -0.2) is 0 Å². The van der Waals surface area contributed by atoms with E-state index in [1.54, 1.807) is 0 Å². The van der Waals surface area contributed by atoms with E-state index < -0.39 is 18.1 Å². The lowest BCUT2D eigenvalue weighted by Crippen LogP contribution is -2.46. The fraction of sp³-hybridized carbons (Fsp3) is 0.846. The van der Waals surface area contributed by atoms with Gasteiger partial charge in [0.2, 0.25) is 5.91 Å². The van der Waals surface area contributed by atoms with Crippen LogP contribution >= 0.6 is 0 Å². The van der Waals surface area contributed by atoms with Crippen LogP contribution < -0.4 is 16.8 Å². The molecule has 0 aliphatic carbocycles. The lowest BCUT2D eigenvalue weighted by molar-refractivity contribution is -0.138. The molecule has 0 fully saturated rings. The Balaban J connectivity index is 3.60. The molecule has 0 aromatic carbocycles. The molecule has 6 N–H and O–H groups in total. The fourth-order valence-corrected chi connectivity index (χ4v) is 1.73. The van der Waals surface area contributed by atoms with Gasteiger partial charge in [-0.2, -0.15) is 0 Å². The summed E-state index contributed by atoms with van der Waals surface area (Å²) in [4.78, 5) is 22.1. The van der Waals surface area contributed by atoms with Crippen LogP contribution in [-0.4, -0.2) is 35.6 Å². The Morgan fingerprint density at radius 1 is 1.05 bits per heavy atom. The topological polar surface area (TPSA) is 118 Å². The van der Waals surface area contributed by atoms with Crippen molar-refractivity contribution in [2.45, 2.75) is 64.0 Å². The second kappa shape index (κ2) is 10.8. The first-order valence-electron chi connectivity index (χ1n) is 7.00. The number of carboxylic acids is 1. The van der Waals surface area contributed by atoms with Crippen LogP contribution in [-0.2, 0) is 9.59 Å². The van der Waals surface area contributed by atoms with E-state index in [2.05, 4.69) is 12.2 Å². The lowest BCUT2D eigenvalue weighted by atomic mass is 10.1. The molecule has 0 radical (unpaired) electrons. The average molecular weight is 273 g/mol. The van der Waals surface area contributed by atoms with Crippen LogP contribution in [0, 0.1) is 0 Å². The molecule has 0 bridgehead atoms. The van der Waals surface area contributed by atoms with Crippen LogP contribution in [0.2, 0.25) is 0 Å². The van der Waals surface area contributed by atoms with Gasteiger partial charge in [0, 0.05) is 6.54 Å². The molecule has 2 atom stereocenters. The van der Waals surface area contributed by atoms with Crippen molar-refractivity contribution in [3.8, 4) is 0 Å². The third-order valence-electron chi connectivity index (χ3n) is 2.99. The molecule has 0 saturated heterocycles. The first-order valence-corrected chi connectivity index (χ1v) is 7.00. The largest absolute Gasteiger partial charge is 0.480 e. The van der Waals surface area contributed by atoms with E-state index in [0.29, 0.717) is 6.54 Å². The number of rotatable bonds is 11. The standard InChI is InChI=1S/C13H27N3O3/c1-2-3-4-5-6-7-8-16-12(17)10(14)9-11(15)13(18)19/h10-11H,2-9,14-15H2,1H3,(H,16,17)(H,18,19)/t10?,11-/m0/s1. The van der Waals surface area contributed by atoms with Crippen LogP contribution in [0.4, 0.5) is 0 Å². The van der Waals surface area contributed by atoms with Gasteiger partial charge in [-0.3, -0.25) is 9.59 Å². The second-order valence-electron chi connectivity index (χ2n) is 4.85. The molecule has 112 valence electrons. The molecular formula is C13H27N3O3. The quantitative estimate of drug-likeness (QED) is 0.411. The van der Waals surface area contributed by atoms with Crippen molar-refractivity contribution in [1.29, 1.82) is 0 Å². The Labute approximate surface area is 114 Å². The smallest absolute Gasteiger partial charge is 0.320 e. The minimum Gasteiger partial charge on any atom is -0.480 e. The van der Waals surface area contributed by atoms with Crippen molar-refractivity contribution in [1.82, 2.24) is 5.32 Å². The predicted octanol–water partition coefficient (Wildman–Crippen LogP) is 0.592. The van der Waals surface area contributed by atoms with Crippen molar-refractivity contribution in [2.24, 2.45) is 11.5 Å². The summed E-state index contributed by atoms with van der Waals surface area (Å²) < 4.78 is 0. The molecule has 0 saturated carbocycles. The van der Waals surface area contributed by atoms with Crippen molar-refractivity contribution in [2.75, 3.05) is 6.54 Å². The third-order valence-corrected chi connectivity index (χ3v) is 2.99. The SMILES string of the molecule is CCCCCCCCNC(=O)C(N)C[C@H](N)C(=O)O. The molecule has 0 aliphatic rings. The number of unbranched alkanes of at least 4 members (excludes halogenated alkanes) is 5. The highest BCUT2D eigenvalue weighted by Gasteiger charge is 2.20. The minimum atomic E-state index is -1.14. The molecule has 0 spiro atoms. The number of hydrogen-bond acceptors (Lipinski definition) is 4. The number of hydrogen-bond donors (Lipinski definition) is 4. The number of carbonyl (C=O) groups excluding carboxylic acids is 1. The molecule has 0 rings (SSSR count). The van der Waals surface area contributed by atoms with Gasteiger partial charge in [-0.05, 0) is 12.8 Å². The Hall–Kier alpha value is -1.14. The van der Waals surface area contributed by atoms with Crippen molar-refractivity contribution < 1.29 is 14.7 Å². The zero-order chi connectivity index (χ0) is 14.7. The zero-order valence-corrected chi connectivity index (χ0v) is 11.7. The highest BCUT2D eigenvalue weighted by Crippen LogP contribution is 2.04. The van der Waals surface area contributed by atoms with Gasteiger partial charge in [0.05, 0.1) is 6.04 Å². The summed E-state index contributed by atoms with van der Waals surface area (Å²) in [6.45, 7) is 2.75. The number of nitrogens with two attached hydrogens (primary N) is 2. The molecule has 0 aromatic heterocycles. The summed E-state index contributed by atoms with van der Waals surface area (Å²) >= 11 is 0. The van der Waals surface area contributed by atoms with Crippen LogP contribution in [0.25, 0.3) is 0 Å². The van der Waals surface area contributed by atoms with Gasteiger partial charge in [0.15, 0.2) is 0 Å². The van der Waals surface area contributed by atoms with Gasteiger partial charge < -0.3 is 21.9 Å². The number of carboxylic acid groups (broad SMARTS) is 1. The summed E-state index contributed by atoms with van der Waals surface area (Å²) in [5, 5.41) is 11.3. The summed E-state index contributed by atoms with van der Waals surface area (Å²) in [5.41, 5.74) is 10.9. The molecule has 0 heterocycles. The summed E-state index contributed by atoms with van der Waals surface area (Å²) in [5.74, 6) is -1.47. The first-order chi connectivity index (χ1) is 8.99. The fourth-order valence-electron chi connectivity index (χ4n) is 1.73. The third kappa shape index (κ3) is 9.44. The van der Waals surface area contributed by atoms with E-state index in [1.807, 2.05) is 0 Å². The van der Waals surface area contributed by atoms with Gasteiger partial charge in [-0.1, -0.05) is 39.0 Å². The molecule has 6 nitrogen and oxygen atoms in total. The molecule has 0 aromatic rings. The first kappa shape index (κ1) is 17.9. The van der Waals surface area contributed by atoms with Crippen molar-refractivity contribution in [3.05, 3.63) is 0 Å². The van der Waals surface area contributed by atoms with E-state index in [1.165, 1.54) is 25.7 Å². The number of aliphatic carboxylic acids is 1. The minimum absolute atomic E-state index is 0.0440. The van der Waals surface area contributed by atoms with Gasteiger partial charge in [0.1, 0.15) is 6.04 Å². The molecule has 1 amide bonds. The maximum absolute atomic E-state index is 11.6. The van der Waals surface area contributed by atoms with Gasteiger partial charge >= 0.3 is 5.97 Å². The Morgan fingerprint density at radius 3 is 2.21 bits per heavy atom. The molecule has 19 heavy (non-hydrogen) atoms. The predicted molar refractivity (Wildman–Crippen MR) is 74.6 cm³/mol. The highest BCUT2D eigenvalue weighted by atomic mass is 16.4. The van der Waals surface area contributed by atoms with Gasteiger partial charge in [0.25, 0.3) is 0 Å². The van der Waals surface area contributed by atoms with Crippen LogP contribution in [0.5, 0.6) is 0 Å². The van der Waals surface area contributed by atoms with Crippen molar-refractivity contribution >= 4 is 11.9 Å². The van der Waals surface area contributed by atoms with Gasteiger partial charge in [-0.15, -0.1) is 0 Å². The maximum atomic E-state index is 11.6. The Kier molecular flexibility index (Phi) is 10.1. The number of nitrogens with one attached hydrogen (secondary N) is 1. The molecule has 0 aliphatic heterocycles. The summed E-state index contributed by atoms with van der Waals surface area (Å²) in [6, 6.07) is -1.94. The van der Waals surface area contributed by atoms with E-state index in [9.17, 15) is 9.59 Å². The van der Waals surface area contributed by atoms with Crippen LogP contribution in [0.3, 0.4) is 0 Å². The maximum Gasteiger partial charge on any atom is 0.320 e. The second-order valence-corrected chi connectivity index (χ2v) is 4.85. The zero-order valence-electron chi connectivity index (χ0n) is 11.7. The average Bonchev–Trinajstić information content (AvgIpc) is 2.37. The molecule has 6 heteroatoms. The van der Waals surface area contributed by atoms with E-state index >= 15 is 0 Å². The van der Waals surface area contributed by atoms with Crippen LogP contribution in [0.1, 0.15) is 51.9 Å². The number of amides is 1. The monoisotopic (exact) mass is 273 g/mol. The van der Waals surface area contributed by atoms with Crippen LogP contribution in [0.15, 0.2) is 0 Å². The Morgan fingerprint density at radius 2 is 1.63 bits per heavy atom. The number of carbonyl (C=O) groups is 2. The Bertz CT molecular complexity index is 272. The molecule has 1 unspecified atom stereocenters. The summed E-state index contributed by atoms with van der Waals surface area (Å²) in [7, 11) is 0. The van der Waals surface area contributed by atoms with E-state index in [4.69, 9.17) is 16.6 Å². The van der Waals surface area contributed by atoms with E-state index in [0.717, 1.165) is 12.8 Å². The highest BCUT2D eigenvalue weighted by molar-refractivity contribution is 5.82. The van der Waals surface area contributed by atoms with E-state index in [-0.39, 0.29) is 12.3 Å².